The molecule has 0 saturated heterocycles. The first kappa shape index (κ1) is 37.7. The van der Waals surface area contributed by atoms with Crippen LogP contribution in [0.1, 0.15) is 90.0 Å². The van der Waals surface area contributed by atoms with Gasteiger partial charge in [0.05, 0.1) is 19.8 Å². The van der Waals surface area contributed by atoms with E-state index < -0.39 is 23.9 Å². The molecule has 3 aromatic heterocycles. The number of hydrogen-bond acceptors (Lipinski definition) is 15. The lowest BCUT2D eigenvalue weighted by Crippen LogP contribution is -2.03. The fourth-order valence-corrected chi connectivity index (χ4v) is 2.84. The van der Waals surface area contributed by atoms with Crippen molar-refractivity contribution in [3.05, 3.63) is 71.0 Å². The van der Waals surface area contributed by atoms with Crippen LogP contribution in [-0.4, -0.2) is 56.1 Å². The Bertz CT molecular complexity index is 1360. The van der Waals surface area contributed by atoms with Gasteiger partial charge in [-0.1, -0.05) is 6.92 Å². The second kappa shape index (κ2) is 21.4. The molecular weight excluding hydrogens is 600 g/mol. The molecule has 3 aromatic rings. The molecule has 3 heterocycles. The quantitative estimate of drug-likeness (QED) is 0.135. The number of ether oxygens (including phenoxy) is 6. The van der Waals surface area contributed by atoms with Crippen molar-refractivity contribution in [1.82, 2.24) is 0 Å². The number of carbonyl (C=O) groups is 6. The van der Waals surface area contributed by atoms with Crippen LogP contribution in [0.5, 0.6) is 0 Å². The maximum absolute atomic E-state index is 11.2. The van der Waals surface area contributed by atoms with Gasteiger partial charge in [0.25, 0.3) is 6.47 Å². The summed E-state index contributed by atoms with van der Waals surface area (Å²) >= 11 is 0. The van der Waals surface area contributed by atoms with Crippen molar-refractivity contribution < 1.29 is 70.4 Å². The summed E-state index contributed by atoms with van der Waals surface area (Å²) in [6, 6.07) is 9.14. The van der Waals surface area contributed by atoms with Gasteiger partial charge in [0.2, 0.25) is 17.3 Å². The molecule has 0 spiro atoms. The lowest BCUT2D eigenvalue weighted by atomic mass is 10.4. The van der Waals surface area contributed by atoms with Crippen LogP contribution < -0.4 is 0 Å². The maximum atomic E-state index is 11.2. The zero-order valence-electron chi connectivity index (χ0n) is 25.6. The molecule has 0 amide bonds. The van der Waals surface area contributed by atoms with E-state index in [4.69, 9.17) is 36.9 Å². The van der Waals surface area contributed by atoms with Crippen LogP contribution in [0.4, 0.5) is 0 Å². The fourth-order valence-electron chi connectivity index (χ4n) is 2.84. The molecule has 15 nitrogen and oxygen atoms in total. The Labute approximate surface area is 258 Å². The molecule has 15 heteroatoms. The average molecular weight is 637 g/mol. The van der Waals surface area contributed by atoms with Gasteiger partial charge in [-0.05, 0) is 57.2 Å². The molecular formula is C30H36O15. The minimum absolute atomic E-state index is 0.0168. The van der Waals surface area contributed by atoms with E-state index in [9.17, 15) is 28.8 Å². The summed E-state index contributed by atoms with van der Waals surface area (Å²) in [4.78, 5) is 64.7. The van der Waals surface area contributed by atoms with Gasteiger partial charge in [0.1, 0.15) is 37.1 Å². The molecule has 0 radical (unpaired) electrons. The molecule has 0 fully saturated rings. The summed E-state index contributed by atoms with van der Waals surface area (Å²) in [5, 5.41) is 0. The summed E-state index contributed by atoms with van der Waals surface area (Å²) in [7, 11) is 0. The number of rotatable bonds is 14. The molecule has 246 valence electrons. The van der Waals surface area contributed by atoms with Gasteiger partial charge in [-0.15, -0.1) is 0 Å². The van der Waals surface area contributed by atoms with Crippen molar-refractivity contribution in [2.75, 3.05) is 19.8 Å². The highest BCUT2D eigenvalue weighted by atomic mass is 16.6. The van der Waals surface area contributed by atoms with E-state index in [1.165, 1.54) is 25.1 Å². The van der Waals surface area contributed by atoms with Crippen molar-refractivity contribution in [3.8, 4) is 0 Å². The highest BCUT2D eigenvalue weighted by Gasteiger charge is 2.14. The van der Waals surface area contributed by atoms with Gasteiger partial charge in [0, 0.05) is 13.3 Å². The van der Waals surface area contributed by atoms with Crippen molar-refractivity contribution >= 4 is 36.3 Å². The Balaban J connectivity index is 0.000000338. The third kappa shape index (κ3) is 15.1. The SMILES string of the molecule is CCOC(=O)c1ccc(COC(=O)CC)o1.CCOC(=O)c1ccc(COC(C)=O)o1.CCOC(=O)c1ccc(COC=O)o1. The highest BCUT2D eigenvalue weighted by molar-refractivity contribution is 5.87. The number of carbonyl (C=O) groups excluding carboxylic acids is 6. The molecule has 0 atom stereocenters. The van der Waals surface area contributed by atoms with Crippen LogP contribution in [0.15, 0.2) is 49.6 Å². The average Bonchev–Trinajstić information content (AvgIpc) is 3.80. The van der Waals surface area contributed by atoms with Crippen LogP contribution >= 0.6 is 0 Å². The van der Waals surface area contributed by atoms with Gasteiger partial charge in [-0.25, -0.2) is 14.4 Å². The largest absolute Gasteiger partial charge is 0.460 e. The summed E-state index contributed by atoms with van der Waals surface area (Å²) < 4.78 is 43.4. The molecule has 0 N–H and O–H groups in total. The zero-order chi connectivity index (χ0) is 33.6. The van der Waals surface area contributed by atoms with E-state index in [0.717, 1.165) is 0 Å². The third-order valence-electron chi connectivity index (χ3n) is 4.79. The lowest BCUT2D eigenvalue weighted by molar-refractivity contribution is -0.145. The number of esters is 5. The molecule has 0 aliphatic heterocycles. The summed E-state index contributed by atoms with van der Waals surface area (Å²) in [6.07, 6.45) is 0.311. The third-order valence-corrected chi connectivity index (χ3v) is 4.79. The second-order valence-electron chi connectivity index (χ2n) is 8.16. The van der Waals surface area contributed by atoms with Gasteiger partial charge in [-0.3, -0.25) is 14.4 Å². The smallest absolute Gasteiger partial charge is 0.374 e. The monoisotopic (exact) mass is 636 g/mol. The van der Waals surface area contributed by atoms with Gasteiger partial charge in [-0.2, -0.15) is 0 Å². The molecule has 3 rings (SSSR count). The van der Waals surface area contributed by atoms with Crippen molar-refractivity contribution in [2.45, 2.75) is 60.9 Å². The topological polar surface area (TPSA) is 197 Å². The number of furan rings is 3. The molecule has 0 unspecified atom stereocenters. The molecule has 0 aromatic carbocycles. The second-order valence-corrected chi connectivity index (χ2v) is 8.16. The van der Waals surface area contributed by atoms with E-state index in [2.05, 4.69) is 4.74 Å². The van der Waals surface area contributed by atoms with E-state index >= 15 is 0 Å². The van der Waals surface area contributed by atoms with Gasteiger partial charge >= 0.3 is 29.8 Å². The van der Waals surface area contributed by atoms with E-state index in [-0.39, 0.29) is 43.1 Å². The Morgan fingerprint density at radius 1 is 0.578 bits per heavy atom. The maximum Gasteiger partial charge on any atom is 0.374 e. The Morgan fingerprint density at radius 2 is 0.956 bits per heavy atom. The predicted octanol–water partition coefficient (Wildman–Crippen LogP) is 4.56. The molecule has 0 aliphatic rings. The molecule has 0 saturated carbocycles. The Morgan fingerprint density at radius 3 is 1.29 bits per heavy atom. The van der Waals surface area contributed by atoms with Crippen LogP contribution in [-0.2, 0) is 62.6 Å². The Hall–Kier alpha value is -5.34. The molecule has 0 bridgehead atoms. The normalized spacial score (nSPS) is 9.71. The minimum Gasteiger partial charge on any atom is -0.460 e. The predicted molar refractivity (Wildman–Crippen MR) is 150 cm³/mol. The highest BCUT2D eigenvalue weighted by Crippen LogP contribution is 2.12. The first-order chi connectivity index (χ1) is 21.6. The van der Waals surface area contributed by atoms with Crippen LogP contribution in [0.25, 0.3) is 0 Å². The first-order valence-electron chi connectivity index (χ1n) is 13.7. The van der Waals surface area contributed by atoms with E-state index in [1.807, 2.05) is 0 Å². The van der Waals surface area contributed by atoms with Gasteiger partial charge < -0.3 is 41.7 Å². The van der Waals surface area contributed by atoms with E-state index in [0.29, 0.717) is 50.0 Å². The number of hydrogen-bond donors (Lipinski definition) is 0. The first-order valence-corrected chi connectivity index (χ1v) is 13.7. The zero-order valence-corrected chi connectivity index (χ0v) is 25.6. The van der Waals surface area contributed by atoms with Crippen LogP contribution in [0.2, 0.25) is 0 Å². The van der Waals surface area contributed by atoms with Crippen molar-refractivity contribution in [1.29, 1.82) is 0 Å². The van der Waals surface area contributed by atoms with E-state index in [1.54, 1.807) is 45.9 Å². The summed E-state index contributed by atoms with van der Waals surface area (Å²) in [5.74, 6) is -0.705. The molecule has 0 aliphatic carbocycles. The van der Waals surface area contributed by atoms with Gasteiger partial charge in [0.15, 0.2) is 0 Å². The van der Waals surface area contributed by atoms with Crippen molar-refractivity contribution in [2.24, 2.45) is 0 Å². The standard InChI is InChI=1S/C11H14O5.C10H12O5.C9H10O5/c1-3-10(12)15-7-8-5-6-9(16-8)11(13)14-4-2;1-3-13-10(12)9-5-4-8(15-9)6-14-7(2)11;1-2-13-9(11)8-4-3-7(14-8)5-12-6-10/h5-6H,3-4,7H2,1-2H3;4-5H,3,6H2,1-2H3;3-4,6H,2,5H2,1H3. The Kier molecular flexibility index (Phi) is 17.9. The van der Waals surface area contributed by atoms with Crippen molar-refractivity contribution in [3.63, 3.8) is 0 Å². The summed E-state index contributed by atoms with van der Waals surface area (Å²) in [6.45, 7) is 9.39. The summed E-state index contributed by atoms with van der Waals surface area (Å²) in [5.41, 5.74) is 0. The lowest BCUT2D eigenvalue weighted by Gasteiger charge is -2.00. The molecule has 45 heavy (non-hydrogen) atoms. The van der Waals surface area contributed by atoms with Crippen LogP contribution in [0, 0.1) is 0 Å². The fraction of sp³-hybridized carbons (Fsp3) is 0.400. The minimum atomic E-state index is -0.523. The van der Waals surface area contributed by atoms with Crippen LogP contribution in [0.3, 0.4) is 0 Å².